The summed E-state index contributed by atoms with van der Waals surface area (Å²) in [6, 6.07) is 14.3. The molecular formula is C18H15BrClN3O3S. The van der Waals surface area contributed by atoms with E-state index in [1.165, 1.54) is 6.08 Å². The molecule has 27 heavy (non-hydrogen) atoms. The van der Waals surface area contributed by atoms with E-state index in [1.807, 2.05) is 30.3 Å². The lowest BCUT2D eigenvalue weighted by atomic mass is 10.2. The summed E-state index contributed by atoms with van der Waals surface area (Å²) in [5, 5.41) is 2.91. The fourth-order valence-corrected chi connectivity index (χ4v) is 2.77. The van der Waals surface area contributed by atoms with E-state index in [0.29, 0.717) is 15.2 Å². The summed E-state index contributed by atoms with van der Waals surface area (Å²) in [5.74, 6) is -0.434. The van der Waals surface area contributed by atoms with E-state index in [9.17, 15) is 9.59 Å². The largest absolute Gasteiger partial charge is 0.483 e. The third kappa shape index (κ3) is 7.78. The summed E-state index contributed by atoms with van der Waals surface area (Å²) in [6.07, 6.45) is 2.99. The van der Waals surface area contributed by atoms with Gasteiger partial charge in [0.25, 0.3) is 5.91 Å². The van der Waals surface area contributed by atoms with Crippen LogP contribution in [0.4, 0.5) is 0 Å². The van der Waals surface area contributed by atoms with Crippen LogP contribution in [0, 0.1) is 0 Å². The quantitative estimate of drug-likeness (QED) is 0.357. The number of hydrazine groups is 1. The third-order valence-corrected chi connectivity index (χ3v) is 4.09. The molecule has 2 amide bonds. The van der Waals surface area contributed by atoms with E-state index in [1.54, 1.807) is 24.3 Å². The molecule has 0 bridgehead atoms. The van der Waals surface area contributed by atoms with Crippen molar-refractivity contribution >= 4 is 62.8 Å². The summed E-state index contributed by atoms with van der Waals surface area (Å²) in [7, 11) is 0. The molecule has 0 radical (unpaired) electrons. The minimum atomic E-state index is -0.478. The van der Waals surface area contributed by atoms with Crippen LogP contribution in [0.25, 0.3) is 6.08 Å². The van der Waals surface area contributed by atoms with Crippen LogP contribution in [-0.2, 0) is 9.59 Å². The van der Waals surface area contributed by atoms with Gasteiger partial charge in [0.1, 0.15) is 5.75 Å². The van der Waals surface area contributed by atoms with E-state index in [4.69, 9.17) is 28.6 Å². The predicted molar refractivity (Wildman–Crippen MR) is 112 cm³/mol. The summed E-state index contributed by atoms with van der Waals surface area (Å²) >= 11 is 14.1. The number of thiocarbonyl (C=S) groups is 1. The van der Waals surface area contributed by atoms with Crippen LogP contribution in [0.1, 0.15) is 5.56 Å². The molecule has 0 aliphatic heterocycles. The topological polar surface area (TPSA) is 79.5 Å². The SMILES string of the molecule is O=C(/C=C/c1ccccc1)NC(=S)NNC(=O)COc1ccc(Cl)cc1Br. The van der Waals surface area contributed by atoms with Gasteiger partial charge in [-0.2, -0.15) is 0 Å². The van der Waals surface area contributed by atoms with Crippen LogP contribution in [-0.4, -0.2) is 23.5 Å². The Bertz CT molecular complexity index is 862. The summed E-state index contributed by atoms with van der Waals surface area (Å²) < 4.78 is 5.98. The Kier molecular flexibility index (Phi) is 8.25. The van der Waals surface area contributed by atoms with Crippen molar-refractivity contribution in [3.05, 3.63) is 69.7 Å². The molecule has 140 valence electrons. The Balaban J connectivity index is 1.70. The molecule has 2 aromatic carbocycles. The van der Waals surface area contributed by atoms with Crippen LogP contribution in [0.2, 0.25) is 5.02 Å². The van der Waals surface area contributed by atoms with Crippen molar-refractivity contribution in [3.63, 3.8) is 0 Å². The molecule has 0 saturated carbocycles. The molecule has 2 aromatic rings. The number of amides is 2. The van der Waals surface area contributed by atoms with Crippen molar-refractivity contribution in [1.82, 2.24) is 16.2 Å². The zero-order chi connectivity index (χ0) is 19.6. The van der Waals surface area contributed by atoms with Gasteiger partial charge in [0.05, 0.1) is 4.47 Å². The zero-order valence-electron chi connectivity index (χ0n) is 13.9. The minimum Gasteiger partial charge on any atom is -0.483 e. The standard InChI is InChI=1S/C18H15BrClN3O3S/c19-14-10-13(20)7-8-15(14)26-11-17(25)22-23-18(27)21-16(24)9-6-12-4-2-1-3-5-12/h1-10H,11H2,(H,22,25)(H2,21,23,24,27)/b9-6+. The van der Waals surface area contributed by atoms with Gasteiger partial charge >= 0.3 is 0 Å². The van der Waals surface area contributed by atoms with E-state index >= 15 is 0 Å². The second-order valence-electron chi connectivity index (χ2n) is 5.10. The Morgan fingerprint density at radius 1 is 1.15 bits per heavy atom. The number of rotatable bonds is 5. The molecular weight excluding hydrogens is 454 g/mol. The summed E-state index contributed by atoms with van der Waals surface area (Å²) in [5.41, 5.74) is 5.63. The summed E-state index contributed by atoms with van der Waals surface area (Å²) in [4.78, 5) is 23.5. The van der Waals surface area contributed by atoms with Gasteiger partial charge in [-0.3, -0.25) is 25.8 Å². The molecule has 0 spiro atoms. The molecule has 0 aliphatic carbocycles. The first-order chi connectivity index (χ1) is 12.9. The van der Waals surface area contributed by atoms with Gasteiger partial charge in [-0.1, -0.05) is 41.9 Å². The van der Waals surface area contributed by atoms with Gasteiger partial charge in [0.2, 0.25) is 5.91 Å². The van der Waals surface area contributed by atoms with E-state index < -0.39 is 11.8 Å². The Morgan fingerprint density at radius 2 is 1.89 bits per heavy atom. The smallest absolute Gasteiger partial charge is 0.276 e. The van der Waals surface area contributed by atoms with Gasteiger partial charge in [-0.15, -0.1) is 0 Å². The lowest BCUT2D eigenvalue weighted by Crippen LogP contribution is -2.49. The maximum atomic E-state index is 11.8. The van der Waals surface area contributed by atoms with Gasteiger partial charge in [0.15, 0.2) is 11.7 Å². The maximum absolute atomic E-state index is 11.8. The lowest BCUT2D eigenvalue weighted by Gasteiger charge is -2.11. The molecule has 0 saturated heterocycles. The molecule has 0 aliphatic rings. The Hall–Kier alpha value is -2.42. The summed E-state index contributed by atoms with van der Waals surface area (Å²) in [6.45, 7) is -0.252. The molecule has 0 fully saturated rings. The molecule has 2 rings (SSSR count). The first kappa shape index (κ1) is 20.9. The highest BCUT2D eigenvalue weighted by atomic mass is 79.9. The Labute approximate surface area is 175 Å². The second-order valence-corrected chi connectivity index (χ2v) is 6.80. The van der Waals surface area contributed by atoms with Crippen LogP contribution < -0.4 is 20.9 Å². The average Bonchev–Trinajstić information content (AvgIpc) is 2.65. The van der Waals surface area contributed by atoms with Gasteiger partial charge in [-0.05, 0) is 58.0 Å². The van der Waals surface area contributed by atoms with E-state index in [2.05, 4.69) is 32.1 Å². The van der Waals surface area contributed by atoms with Gasteiger partial charge < -0.3 is 4.74 Å². The fraction of sp³-hybridized carbons (Fsp3) is 0.0556. The molecule has 0 heterocycles. The van der Waals surface area contributed by atoms with Crippen molar-refractivity contribution in [3.8, 4) is 5.75 Å². The highest BCUT2D eigenvalue weighted by molar-refractivity contribution is 9.10. The number of hydrogen-bond acceptors (Lipinski definition) is 4. The number of halogens is 2. The number of carbonyl (C=O) groups is 2. The molecule has 0 atom stereocenters. The monoisotopic (exact) mass is 467 g/mol. The highest BCUT2D eigenvalue weighted by Crippen LogP contribution is 2.27. The molecule has 0 aromatic heterocycles. The fourth-order valence-electron chi connectivity index (χ4n) is 1.82. The average molecular weight is 469 g/mol. The van der Waals surface area contributed by atoms with Crippen molar-refractivity contribution in [2.75, 3.05) is 6.61 Å². The van der Waals surface area contributed by atoms with Crippen molar-refractivity contribution in [1.29, 1.82) is 0 Å². The molecule has 9 heteroatoms. The van der Waals surface area contributed by atoms with E-state index in [-0.39, 0.29) is 11.7 Å². The number of hydrogen-bond donors (Lipinski definition) is 3. The third-order valence-electron chi connectivity index (χ3n) is 3.03. The number of benzene rings is 2. The van der Waals surface area contributed by atoms with Crippen molar-refractivity contribution in [2.24, 2.45) is 0 Å². The van der Waals surface area contributed by atoms with Crippen LogP contribution in [0.15, 0.2) is 59.1 Å². The molecule has 6 nitrogen and oxygen atoms in total. The van der Waals surface area contributed by atoms with Crippen molar-refractivity contribution < 1.29 is 14.3 Å². The number of carbonyl (C=O) groups excluding carboxylic acids is 2. The van der Waals surface area contributed by atoms with Crippen LogP contribution in [0.3, 0.4) is 0 Å². The first-order valence-corrected chi connectivity index (χ1v) is 9.23. The minimum absolute atomic E-state index is 0.0428. The Morgan fingerprint density at radius 3 is 2.59 bits per heavy atom. The van der Waals surface area contributed by atoms with Crippen molar-refractivity contribution in [2.45, 2.75) is 0 Å². The van der Waals surface area contributed by atoms with Gasteiger partial charge in [-0.25, -0.2) is 0 Å². The van der Waals surface area contributed by atoms with Crippen LogP contribution >= 0.6 is 39.7 Å². The zero-order valence-corrected chi connectivity index (χ0v) is 17.0. The normalized spacial score (nSPS) is 10.3. The maximum Gasteiger partial charge on any atom is 0.276 e. The van der Waals surface area contributed by atoms with Gasteiger partial charge in [0, 0.05) is 11.1 Å². The highest BCUT2D eigenvalue weighted by Gasteiger charge is 2.07. The number of ether oxygens (including phenoxy) is 1. The van der Waals surface area contributed by atoms with E-state index in [0.717, 1.165) is 5.56 Å². The van der Waals surface area contributed by atoms with Crippen LogP contribution in [0.5, 0.6) is 5.75 Å². The number of nitrogens with one attached hydrogen (secondary N) is 3. The molecule has 0 unspecified atom stereocenters. The predicted octanol–water partition coefficient (Wildman–Crippen LogP) is 3.22. The lowest BCUT2D eigenvalue weighted by molar-refractivity contribution is -0.123. The second kappa shape index (κ2) is 10.7. The first-order valence-electron chi connectivity index (χ1n) is 7.65. The molecule has 3 N–H and O–H groups in total.